The third-order valence-electron chi connectivity index (χ3n) is 7.88. The number of benzene rings is 1. The van der Waals surface area contributed by atoms with Gasteiger partial charge in [-0.2, -0.15) is 0 Å². The number of fused-ring (bicyclic) bond motifs is 5. The van der Waals surface area contributed by atoms with Crippen molar-refractivity contribution in [2.75, 3.05) is 27.2 Å². The number of carbonyl (C=O) groups is 2. The van der Waals surface area contributed by atoms with Gasteiger partial charge in [-0.1, -0.05) is 13.0 Å². The van der Waals surface area contributed by atoms with E-state index < -0.39 is 0 Å². The second-order valence-corrected chi connectivity index (χ2v) is 9.91. The molecular weight excluding hydrogens is 364 g/mol. The van der Waals surface area contributed by atoms with Gasteiger partial charge in [-0.15, -0.1) is 0 Å². The molecule has 5 heteroatoms. The number of phenols is 1. The third kappa shape index (κ3) is 3.70. The van der Waals surface area contributed by atoms with E-state index in [0.717, 1.165) is 38.6 Å². The summed E-state index contributed by atoms with van der Waals surface area (Å²) in [6.07, 6.45) is 5.18. The van der Waals surface area contributed by atoms with Gasteiger partial charge >= 0.3 is 0 Å². The molecule has 0 aliphatic heterocycles. The summed E-state index contributed by atoms with van der Waals surface area (Å²) < 4.78 is 0. The molecule has 0 heterocycles. The van der Waals surface area contributed by atoms with Gasteiger partial charge in [0.05, 0.1) is 0 Å². The summed E-state index contributed by atoms with van der Waals surface area (Å²) in [5.74, 6) is 1.90. The maximum atomic E-state index is 13.3. The first kappa shape index (κ1) is 20.4. The van der Waals surface area contributed by atoms with Gasteiger partial charge < -0.3 is 15.3 Å². The topological polar surface area (TPSA) is 69.6 Å². The van der Waals surface area contributed by atoms with Crippen molar-refractivity contribution in [2.24, 2.45) is 23.2 Å². The van der Waals surface area contributed by atoms with Crippen LogP contribution in [0.2, 0.25) is 0 Å². The standard InChI is InChI=1S/C24H34N2O3/c1-24-9-8-19-18-7-5-17(27)12-15(18)4-6-20(19)21(24)13-16(23(24)29)14-22(28)25-10-11-26(2)3/h5,7,12,16,19-21,27H,4,6,8-11,13-14H2,1-3H3,(H,25,28). The fourth-order valence-corrected chi connectivity index (χ4v) is 6.40. The molecule has 3 aliphatic rings. The third-order valence-corrected chi connectivity index (χ3v) is 7.88. The van der Waals surface area contributed by atoms with E-state index in [0.29, 0.717) is 42.3 Å². The van der Waals surface area contributed by atoms with E-state index in [9.17, 15) is 14.7 Å². The van der Waals surface area contributed by atoms with Crippen LogP contribution < -0.4 is 5.32 Å². The largest absolute Gasteiger partial charge is 0.508 e. The van der Waals surface area contributed by atoms with Crippen LogP contribution in [0.15, 0.2) is 18.2 Å². The Hall–Kier alpha value is -1.88. The second kappa shape index (κ2) is 7.75. The molecular formula is C24H34N2O3. The van der Waals surface area contributed by atoms with E-state index in [1.807, 2.05) is 25.1 Å². The lowest BCUT2D eigenvalue weighted by atomic mass is 9.55. The molecule has 2 N–H and O–H groups in total. The van der Waals surface area contributed by atoms with Crippen molar-refractivity contribution in [3.8, 4) is 5.75 Å². The summed E-state index contributed by atoms with van der Waals surface area (Å²) in [6, 6.07) is 5.81. The molecule has 29 heavy (non-hydrogen) atoms. The molecule has 0 bridgehead atoms. The van der Waals surface area contributed by atoms with E-state index in [2.05, 4.69) is 18.3 Å². The van der Waals surface area contributed by atoms with Crippen LogP contribution in [0.3, 0.4) is 0 Å². The average molecular weight is 399 g/mol. The quantitative estimate of drug-likeness (QED) is 0.800. The van der Waals surface area contributed by atoms with Crippen molar-refractivity contribution in [1.82, 2.24) is 10.2 Å². The number of aromatic hydroxyl groups is 1. The Balaban J connectivity index is 1.47. The van der Waals surface area contributed by atoms with Crippen LogP contribution in [0.1, 0.15) is 56.1 Å². The number of hydrogen-bond donors (Lipinski definition) is 2. The molecule has 2 fully saturated rings. The maximum absolute atomic E-state index is 13.3. The fraction of sp³-hybridized carbons (Fsp3) is 0.667. The van der Waals surface area contributed by atoms with Gasteiger partial charge in [0.15, 0.2) is 0 Å². The van der Waals surface area contributed by atoms with E-state index in [1.54, 1.807) is 6.07 Å². The molecule has 0 spiro atoms. The number of hydrogen-bond acceptors (Lipinski definition) is 4. The van der Waals surface area contributed by atoms with Crippen molar-refractivity contribution in [1.29, 1.82) is 0 Å². The number of carbonyl (C=O) groups excluding carboxylic acids is 2. The van der Waals surface area contributed by atoms with Crippen LogP contribution in [0.5, 0.6) is 5.75 Å². The van der Waals surface area contributed by atoms with Gasteiger partial charge in [0, 0.05) is 30.8 Å². The molecule has 3 aliphatic carbocycles. The summed E-state index contributed by atoms with van der Waals surface area (Å²) in [6.45, 7) is 3.59. The van der Waals surface area contributed by atoms with Gasteiger partial charge in [0.2, 0.25) is 5.91 Å². The van der Waals surface area contributed by atoms with Crippen LogP contribution in [0.4, 0.5) is 0 Å². The summed E-state index contributed by atoms with van der Waals surface area (Å²) in [5.41, 5.74) is 2.37. The van der Waals surface area contributed by atoms with Gasteiger partial charge in [-0.3, -0.25) is 9.59 Å². The van der Waals surface area contributed by atoms with Gasteiger partial charge in [-0.05, 0) is 87.2 Å². The van der Waals surface area contributed by atoms with Crippen LogP contribution in [-0.4, -0.2) is 48.9 Å². The Kier molecular flexibility index (Phi) is 5.45. The molecule has 1 amide bonds. The van der Waals surface area contributed by atoms with Crippen LogP contribution in [-0.2, 0) is 16.0 Å². The first-order valence-corrected chi connectivity index (χ1v) is 11.1. The van der Waals surface area contributed by atoms with Crippen molar-refractivity contribution in [3.63, 3.8) is 0 Å². The highest BCUT2D eigenvalue weighted by Gasteiger charge is 2.58. The lowest BCUT2D eigenvalue weighted by molar-refractivity contribution is -0.134. The minimum atomic E-state index is -0.274. The highest BCUT2D eigenvalue weighted by molar-refractivity contribution is 5.93. The number of aryl methyl sites for hydroxylation is 1. The molecule has 0 aromatic heterocycles. The van der Waals surface area contributed by atoms with Gasteiger partial charge in [0.25, 0.3) is 0 Å². The number of phenolic OH excluding ortho intramolecular Hbond substituents is 1. The Bertz CT molecular complexity index is 805. The number of amides is 1. The smallest absolute Gasteiger partial charge is 0.220 e. The highest BCUT2D eigenvalue weighted by Crippen LogP contribution is 2.61. The highest BCUT2D eigenvalue weighted by atomic mass is 16.3. The Morgan fingerprint density at radius 2 is 2.10 bits per heavy atom. The molecule has 4 rings (SSSR count). The Labute approximate surface area is 173 Å². The van der Waals surface area contributed by atoms with Gasteiger partial charge in [0.1, 0.15) is 11.5 Å². The predicted octanol–water partition coefficient (Wildman–Crippen LogP) is 3.11. The molecule has 5 nitrogen and oxygen atoms in total. The number of rotatable bonds is 5. The molecule has 158 valence electrons. The summed E-state index contributed by atoms with van der Waals surface area (Å²) in [7, 11) is 3.97. The minimum absolute atomic E-state index is 0.00784. The summed E-state index contributed by atoms with van der Waals surface area (Å²) in [4.78, 5) is 27.8. The number of nitrogens with one attached hydrogen (secondary N) is 1. The van der Waals surface area contributed by atoms with Crippen molar-refractivity contribution in [2.45, 2.75) is 51.4 Å². The van der Waals surface area contributed by atoms with Crippen molar-refractivity contribution in [3.05, 3.63) is 29.3 Å². The number of Topliss-reactive ketones (excluding diaryl/α,β-unsaturated/α-hetero) is 1. The molecule has 0 radical (unpaired) electrons. The molecule has 2 saturated carbocycles. The number of nitrogens with zero attached hydrogens (tertiary/aromatic N) is 1. The van der Waals surface area contributed by atoms with E-state index in [-0.39, 0.29) is 17.2 Å². The second-order valence-electron chi connectivity index (χ2n) is 9.91. The van der Waals surface area contributed by atoms with Crippen LogP contribution >= 0.6 is 0 Å². The Morgan fingerprint density at radius 1 is 1.31 bits per heavy atom. The molecule has 5 atom stereocenters. The Morgan fingerprint density at radius 3 is 2.86 bits per heavy atom. The molecule has 1 aromatic carbocycles. The normalized spacial score (nSPS) is 33.2. The minimum Gasteiger partial charge on any atom is -0.508 e. The first-order valence-electron chi connectivity index (χ1n) is 11.1. The average Bonchev–Trinajstić information content (AvgIpc) is 2.92. The molecule has 1 aromatic rings. The lowest BCUT2D eigenvalue weighted by Crippen LogP contribution is -2.42. The zero-order valence-corrected chi connectivity index (χ0v) is 17.9. The number of ketones is 1. The lowest BCUT2D eigenvalue weighted by Gasteiger charge is -2.48. The van der Waals surface area contributed by atoms with E-state index in [1.165, 1.54) is 11.1 Å². The summed E-state index contributed by atoms with van der Waals surface area (Å²) >= 11 is 0. The fourth-order valence-electron chi connectivity index (χ4n) is 6.40. The van der Waals surface area contributed by atoms with Crippen LogP contribution in [0.25, 0.3) is 0 Å². The van der Waals surface area contributed by atoms with Gasteiger partial charge in [-0.25, -0.2) is 0 Å². The summed E-state index contributed by atoms with van der Waals surface area (Å²) in [5, 5.41) is 12.8. The van der Waals surface area contributed by atoms with E-state index in [4.69, 9.17) is 0 Å². The number of likely N-dealkylation sites (N-methyl/N-ethyl adjacent to an activating group) is 1. The zero-order chi connectivity index (χ0) is 20.8. The first-order chi connectivity index (χ1) is 13.8. The monoisotopic (exact) mass is 398 g/mol. The molecule has 0 saturated heterocycles. The van der Waals surface area contributed by atoms with E-state index >= 15 is 0 Å². The van der Waals surface area contributed by atoms with Crippen LogP contribution in [0, 0.1) is 23.2 Å². The molecule has 5 unspecified atom stereocenters. The zero-order valence-electron chi connectivity index (χ0n) is 17.9. The van der Waals surface area contributed by atoms with Crippen molar-refractivity contribution < 1.29 is 14.7 Å². The van der Waals surface area contributed by atoms with Crippen molar-refractivity contribution >= 4 is 11.7 Å². The SMILES string of the molecule is CN(C)CCNC(=O)CC1CC2C3CCc4cc(O)ccc4C3CCC2(C)C1=O. The maximum Gasteiger partial charge on any atom is 0.220 e. The predicted molar refractivity (Wildman–Crippen MR) is 113 cm³/mol.